The smallest absolute Gasteiger partial charge is 0.416 e. The Kier molecular flexibility index (Phi) is 5.04. The van der Waals surface area contributed by atoms with Crippen LogP contribution < -0.4 is 9.47 Å². The number of methoxy groups -OCH3 is 2. The van der Waals surface area contributed by atoms with E-state index in [1.165, 1.54) is 38.2 Å². The van der Waals surface area contributed by atoms with Gasteiger partial charge >= 0.3 is 6.18 Å². The molecule has 144 valence electrons. The van der Waals surface area contributed by atoms with Crippen LogP contribution >= 0.6 is 0 Å². The Morgan fingerprint density at radius 1 is 1.07 bits per heavy atom. The Morgan fingerprint density at radius 3 is 2.30 bits per heavy atom. The minimum absolute atomic E-state index is 0.0494. The molecule has 4 nitrogen and oxygen atoms in total. The average Bonchev–Trinajstić information content (AvgIpc) is 2.64. The van der Waals surface area contributed by atoms with Crippen LogP contribution in [0.25, 0.3) is 0 Å². The van der Waals surface area contributed by atoms with E-state index in [1.54, 1.807) is 18.2 Å². The highest BCUT2D eigenvalue weighted by atomic mass is 19.4. The van der Waals surface area contributed by atoms with Crippen molar-refractivity contribution in [1.29, 1.82) is 0 Å². The molecule has 0 bridgehead atoms. The van der Waals surface area contributed by atoms with Gasteiger partial charge in [0.05, 0.1) is 25.8 Å². The number of hydrogen-bond donors (Lipinski definition) is 0. The number of rotatable bonds is 3. The van der Waals surface area contributed by atoms with Crippen molar-refractivity contribution < 1.29 is 27.4 Å². The second-order valence-electron chi connectivity index (χ2n) is 6.36. The highest BCUT2D eigenvalue weighted by molar-refractivity contribution is 5.75. The highest BCUT2D eigenvalue weighted by Crippen LogP contribution is 2.44. The molecule has 0 N–H and O–H groups in total. The van der Waals surface area contributed by atoms with Gasteiger partial charge in [-0.3, -0.25) is 4.79 Å². The quantitative estimate of drug-likeness (QED) is 0.802. The number of alkyl halides is 3. The fourth-order valence-electron chi connectivity index (χ4n) is 3.61. The van der Waals surface area contributed by atoms with Crippen LogP contribution in [0.4, 0.5) is 13.2 Å². The van der Waals surface area contributed by atoms with E-state index in [2.05, 4.69) is 0 Å². The molecule has 2 aromatic carbocycles. The monoisotopic (exact) mass is 379 g/mol. The van der Waals surface area contributed by atoms with E-state index >= 15 is 0 Å². The van der Waals surface area contributed by atoms with E-state index in [-0.39, 0.29) is 11.5 Å². The van der Waals surface area contributed by atoms with Crippen molar-refractivity contribution in [3.8, 4) is 11.5 Å². The Bertz CT molecular complexity index is 864. The van der Waals surface area contributed by atoms with E-state index in [0.717, 1.165) is 11.6 Å². The van der Waals surface area contributed by atoms with Gasteiger partial charge in [0, 0.05) is 13.5 Å². The zero-order chi connectivity index (χ0) is 19.8. The summed E-state index contributed by atoms with van der Waals surface area (Å²) in [6.07, 6.45) is -3.99. The van der Waals surface area contributed by atoms with Gasteiger partial charge in [0.2, 0.25) is 5.91 Å². The van der Waals surface area contributed by atoms with Crippen molar-refractivity contribution >= 4 is 5.91 Å². The number of benzene rings is 2. The van der Waals surface area contributed by atoms with Gasteiger partial charge in [0.15, 0.2) is 11.5 Å². The largest absolute Gasteiger partial charge is 0.493 e. The number of carbonyl (C=O) groups is 1. The average molecular weight is 379 g/mol. The van der Waals surface area contributed by atoms with Crippen LogP contribution in [0.15, 0.2) is 36.4 Å². The molecule has 7 heteroatoms. The van der Waals surface area contributed by atoms with Gasteiger partial charge < -0.3 is 14.4 Å². The number of nitrogens with zero attached hydrogens (tertiary/aromatic N) is 1. The van der Waals surface area contributed by atoms with Crippen molar-refractivity contribution in [2.45, 2.75) is 25.6 Å². The Labute approximate surface area is 155 Å². The summed E-state index contributed by atoms with van der Waals surface area (Å²) in [6, 6.07) is 7.97. The predicted molar refractivity (Wildman–Crippen MR) is 93.9 cm³/mol. The second kappa shape index (κ2) is 7.13. The lowest BCUT2D eigenvalue weighted by molar-refractivity contribution is -0.140. The molecule has 3 rings (SSSR count). The van der Waals surface area contributed by atoms with Crippen molar-refractivity contribution in [3.05, 3.63) is 58.7 Å². The highest BCUT2D eigenvalue weighted by Gasteiger charge is 2.39. The Hall–Kier alpha value is -2.70. The third kappa shape index (κ3) is 3.46. The molecule has 1 aliphatic rings. The summed E-state index contributed by atoms with van der Waals surface area (Å²) in [6.45, 7) is 1.70. The maximum atomic E-state index is 13.6. The van der Waals surface area contributed by atoms with Gasteiger partial charge in [-0.2, -0.15) is 13.2 Å². The molecule has 0 fully saturated rings. The first kappa shape index (κ1) is 19.1. The van der Waals surface area contributed by atoms with E-state index in [4.69, 9.17) is 9.47 Å². The summed E-state index contributed by atoms with van der Waals surface area (Å²) < 4.78 is 51.5. The number of halogens is 3. The molecular weight excluding hydrogens is 359 g/mol. The summed E-state index contributed by atoms with van der Waals surface area (Å²) in [4.78, 5) is 13.7. The predicted octanol–water partition coefficient (Wildman–Crippen LogP) is 4.22. The van der Waals surface area contributed by atoms with Crippen LogP contribution in [0.2, 0.25) is 0 Å². The standard InChI is InChI=1S/C20H20F3NO3/c1-12(25)24-9-8-13-10-17(26-2)18(27-3)11-15(13)19(24)14-6-4-5-7-16(14)20(21,22)23/h4-7,10-11,19H,8-9H2,1-3H3. The van der Waals surface area contributed by atoms with Gasteiger partial charge in [0.25, 0.3) is 0 Å². The molecule has 0 radical (unpaired) electrons. The maximum Gasteiger partial charge on any atom is 0.416 e. The van der Waals surface area contributed by atoms with Gasteiger partial charge in [-0.1, -0.05) is 18.2 Å². The molecule has 1 atom stereocenters. The minimum atomic E-state index is -4.52. The van der Waals surface area contributed by atoms with Gasteiger partial charge in [-0.05, 0) is 41.3 Å². The van der Waals surface area contributed by atoms with Crippen LogP contribution in [0, 0.1) is 0 Å². The third-order valence-corrected chi connectivity index (χ3v) is 4.84. The van der Waals surface area contributed by atoms with E-state index in [1.807, 2.05) is 0 Å². The van der Waals surface area contributed by atoms with Crippen molar-refractivity contribution in [2.24, 2.45) is 0 Å². The van der Waals surface area contributed by atoms with Crippen molar-refractivity contribution in [3.63, 3.8) is 0 Å². The van der Waals surface area contributed by atoms with Crippen LogP contribution in [0.1, 0.15) is 35.2 Å². The number of hydrogen-bond acceptors (Lipinski definition) is 3. The summed E-state index contributed by atoms with van der Waals surface area (Å²) in [5, 5.41) is 0. The molecule has 1 aliphatic heterocycles. The number of amides is 1. The maximum absolute atomic E-state index is 13.6. The summed E-state index contributed by atoms with van der Waals surface area (Å²) in [5.74, 6) is 0.643. The van der Waals surface area contributed by atoms with Gasteiger partial charge in [0.1, 0.15) is 0 Å². The van der Waals surface area contributed by atoms with Gasteiger partial charge in [-0.15, -0.1) is 0 Å². The topological polar surface area (TPSA) is 38.8 Å². The molecule has 27 heavy (non-hydrogen) atoms. The molecule has 1 unspecified atom stereocenters. The fraction of sp³-hybridized carbons (Fsp3) is 0.350. The third-order valence-electron chi connectivity index (χ3n) is 4.84. The molecule has 0 spiro atoms. The van der Waals surface area contributed by atoms with Crippen LogP contribution in [-0.4, -0.2) is 31.6 Å². The number of carbonyl (C=O) groups excluding carboxylic acids is 1. The fourth-order valence-corrected chi connectivity index (χ4v) is 3.61. The zero-order valence-electron chi connectivity index (χ0n) is 15.3. The first-order valence-corrected chi connectivity index (χ1v) is 8.46. The van der Waals surface area contributed by atoms with Crippen molar-refractivity contribution in [1.82, 2.24) is 4.90 Å². The summed E-state index contributed by atoms with van der Waals surface area (Å²) in [7, 11) is 2.97. The van der Waals surface area contributed by atoms with Crippen LogP contribution in [0.5, 0.6) is 11.5 Å². The van der Waals surface area contributed by atoms with E-state index < -0.39 is 17.8 Å². The SMILES string of the molecule is COc1cc2c(cc1OC)C(c1ccccc1C(F)(F)F)N(C(C)=O)CC2. The lowest BCUT2D eigenvalue weighted by atomic mass is 9.85. The molecule has 0 saturated heterocycles. The Morgan fingerprint density at radius 2 is 1.70 bits per heavy atom. The van der Waals surface area contributed by atoms with Gasteiger partial charge in [-0.25, -0.2) is 0 Å². The Balaban J connectivity index is 2.26. The van der Waals surface area contributed by atoms with E-state index in [0.29, 0.717) is 30.0 Å². The number of fused-ring (bicyclic) bond motifs is 1. The second-order valence-corrected chi connectivity index (χ2v) is 6.36. The van der Waals surface area contributed by atoms with Crippen LogP contribution in [0.3, 0.4) is 0 Å². The molecule has 2 aromatic rings. The molecular formula is C20H20F3NO3. The summed E-state index contributed by atoms with van der Waals surface area (Å²) in [5.41, 5.74) is 0.759. The summed E-state index contributed by atoms with van der Waals surface area (Å²) >= 11 is 0. The lowest BCUT2D eigenvalue weighted by Crippen LogP contribution is -2.40. The normalized spacial score (nSPS) is 16.7. The molecule has 1 heterocycles. The van der Waals surface area contributed by atoms with E-state index in [9.17, 15) is 18.0 Å². The molecule has 0 saturated carbocycles. The molecule has 0 aliphatic carbocycles. The first-order chi connectivity index (χ1) is 12.8. The molecule has 1 amide bonds. The first-order valence-electron chi connectivity index (χ1n) is 8.46. The minimum Gasteiger partial charge on any atom is -0.493 e. The van der Waals surface area contributed by atoms with Crippen molar-refractivity contribution in [2.75, 3.05) is 20.8 Å². The zero-order valence-corrected chi connectivity index (χ0v) is 15.3. The lowest BCUT2D eigenvalue weighted by Gasteiger charge is -2.38. The van der Waals surface area contributed by atoms with Crippen LogP contribution in [-0.2, 0) is 17.4 Å². The number of ether oxygens (including phenoxy) is 2. The molecule has 0 aromatic heterocycles.